The second kappa shape index (κ2) is 11.6. The van der Waals surface area contributed by atoms with E-state index in [1.165, 1.54) is 52.0 Å². The van der Waals surface area contributed by atoms with E-state index in [0.29, 0.717) is 0 Å². The van der Waals surface area contributed by atoms with Crippen molar-refractivity contribution in [2.45, 2.75) is 41.4 Å². The molecule has 0 aliphatic carbocycles. The van der Waals surface area contributed by atoms with Crippen molar-refractivity contribution in [2.75, 3.05) is 26.4 Å². The van der Waals surface area contributed by atoms with Crippen molar-refractivity contribution in [2.24, 2.45) is 0 Å². The van der Waals surface area contributed by atoms with Crippen molar-refractivity contribution in [3.05, 3.63) is 30.3 Å². The summed E-state index contributed by atoms with van der Waals surface area (Å²) >= 11 is 18.6. The fourth-order valence-electron chi connectivity index (χ4n) is 2.60. The molecule has 1 aromatic carbocycles. The van der Waals surface area contributed by atoms with Gasteiger partial charge in [0.25, 0.3) is 5.02 Å². The molecule has 1 aromatic rings. The van der Waals surface area contributed by atoms with Gasteiger partial charge in [0.1, 0.15) is 0 Å². The van der Waals surface area contributed by atoms with Gasteiger partial charge in [-0.1, -0.05) is 53.0 Å². The Morgan fingerprint density at radius 3 is 1.45 bits per heavy atom. The normalized spacial score (nSPS) is 14.0. The highest BCUT2D eigenvalue weighted by molar-refractivity contribution is 7.91. The third kappa shape index (κ3) is 6.06. The Morgan fingerprint density at radius 1 is 0.806 bits per heavy atom. The Morgan fingerprint density at radius 2 is 1.16 bits per heavy atom. The smallest absolute Gasteiger partial charge is 0.307 e. The first-order chi connectivity index (χ1) is 14.3. The van der Waals surface area contributed by atoms with Gasteiger partial charge in [0.2, 0.25) is 13.8 Å². The van der Waals surface area contributed by atoms with Crippen LogP contribution in [-0.2, 0) is 37.2 Å². The summed E-state index contributed by atoms with van der Waals surface area (Å²) in [5.74, 6) is 0. The fraction of sp³-hybridized carbons (Fsp3) is 0.625. The van der Waals surface area contributed by atoms with Gasteiger partial charge >= 0.3 is 15.2 Å². The monoisotopic (exact) mass is 559 g/mol. The lowest BCUT2D eigenvalue weighted by Crippen LogP contribution is -2.57. The zero-order valence-corrected chi connectivity index (χ0v) is 22.3. The quantitative estimate of drug-likeness (QED) is 0.248. The van der Waals surface area contributed by atoms with Crippen LogP contribution in [0.2, 0.25) is 0 Å². The number of hydrogen-bond donors (Lipinski definition) is 1. The summed E-state index contributed by atoms with van der Waals surface area (Å²) < 4.78 is 74.9. The second-order valence-corrected chi connectivity index (χ2v) is 14.4. The fourth-order valence-corrected chi connectivity index (χ4v) is 12.3. The van der Waals surface area contributed by atoms with Crippen molar-refractivity contribution < 1.29 is 35.6 Å². The first kappa shape index (κ1) is 29.3. The first-order valence-electron chi connectivity index (χ1n) is 9.24. The molecule has 0 heterocycles. The summed E-state index contributed by atoms with van der Waals surface area (Å²) in [6.45, 7) is 4.77. The molecule has 0 aliphatic rings. The lowest BCUT2D eigenvalue weighted by molar-refractivity contribution is 0.174. The summed E-state index contributed by atoms with van der Waals surface area (Å²) in [4.78, 5) is -0.285. The number of halogens is 3. The molecule has 180 valence electrons. The lowest BCUT2D eigenvalue weighted by Gasteiger charge is -2.45. The van der Waals surface area contributed by atoms with E-state index < -0.39 is 34.0 Å². The molecule has 0 aliphatic heterocycles. The van der Waals surface area contributed by atoms with E-state index in [1.54, 1.807) is 6.07 Å². The Balaban J connectivity index is 4.05. The number of benzene rings is 1. The van der Waals surface area contributed by atoms with Crippen LogP contribution in [0.4, 0.5) is 0 Å². The SMILES string of the molecule is CCOP(=O)(OCC)C(NS(=O)(=O)c1ccccc1)(C(Cl)(Cl)Cl)P(=O)(OCC)OCC. The minimum atomic E-state index is -4.88. The molecule has 0 unspecified atom stereocenters. The Labute approximate surface area is 198 Å². The molecule has 0 amide bonds. The van der Waals surface area contributed by atoms with Crippen LogP contribution in [0, 0.1) is 0 Å². The van der Waals surface area contributed by atoms with E-state index in [4.69, 9.17) is 52.9 Å². The van der Waals surface area contributed by atoms with Crippen molar-refractivity contribution in [3.8, 4) is 0 Å². The van der Waals surface area contributed by atoms with Gasteiger partial charge in [0, 0.05) is 0 Å². The van der Waals surface area contributed by atoms with Gasteiger partial charge in [-0.25, -0.2) is 8.42 Å². The maximum Gasteiger partial charge on any atom is 0.368 e. The molecule has 0 fully saturated rings. The molecule has 15 heteroatoms. The molecule has 0 bridgehead atoms. The van der Waals surface area contributed by atoms with Gasteiger partial charge in [0.15, 0.2) is 0 Å². The molecule has 0 saturated carbocycles. The lowest BCUT2D eigenvalue weighted by atomic mass is 10.4. The van der Waals surface area contributed by atoms with Gasteiger partial charge in [0.05, 0.1) is 31.3 Å². The van der Waals surface area contributed by atoms with Crippen LogP contribution in [0.25, 0.3) is 0 Å². The van der Waals surface area contributed by atoms with Gasteiger partial charge < -0.3 is 18.1 Å². The Bertz CT molecular complexity index is 861. The first-order valence-corrected chi connectivity index (χ1v) is 14.9. The maximum absolute atomic E-state index is 14.0. The van der Waals surface area contributed by atoms with E-state index in [-0.39, 0.29) is 31.3 Å². The molecule has 9 nitrogen and oxygen atoms in total. The molecule has 1 N–H and O–H groups in total. The van der Waals surface area contributed by atoms with E-state index >= 15 is 0 Å². The van der Waals surface area contributed by atoms with Crippen LogP contribution >= 0.6 is 50.0 Å². The van der Waals surface area contributed by atoms with Crippen molar-refractivity contribution in [1.82, 2.24) is 4.72 Å². The van der Waals surface area contributed by atoms with Crippen LogP contribution in [0.15, 0.2) is 35.2 Å². The highest BCUT2D eigenvalue weighted by Gasteiger charge is 2.77. The molecule has 1 rings (SSSR count). The minimum Gasteiger partial charge on any atom is -0.307 e. The summed E-state index contributed by atoms with van der Waals surface area (Å²) in [6.07, 6.45) is 0. The molecule has 0 saturated heterocycles. The van der Waals surface area contributed by atoms with Crippen molar-refractivity contribution >= 4 is 60.0 Å². The summed E-state index contributed by atoms with van der Waals surface area (Å²) in [5.41, 5.74) is 0. The van der Waals surface area contributed by atoms with Crippen molar-refractivity contribution in [1.29, 1.82) is 0 Å². The standard InChI is InChI=1S/C16H26Cl3NO8P2S/c1-5-25-29(21,26-6-2)16(15(17,18)19,30(22,27-7-3)28-8-4)20-31(23,24)14-12-10-9-11-13-14/h9-13,20H,5-8H2,1-4H3. The number of nitrogens with one attached hydrogen (secondary N) is 1. The van der Waals surface area contributed by atoms with E-state index in [1.807, 2.05) is 4.72 Å². The van der Waals surface area contributed by atoms with Crippen LogP contribution < -0.4 is 4.72 Å². The van der Waals surface area contributed by atoms with Gasteiger partial charge in [-0.05, 0) is 39.8 Å². The number of sulfonamides is 1. The second-order valence-electron chi connectivity index (χ2n) is 5.75. The van der Waals surface area contributed by atoms with Crippen molar-refractivity contribution in [3.63, 3.8) is 0 Å². The van der Waals surface area contributed by atoms with E-state index in [0.717, 1.165) is 0 Å². The third-order valence-corrected chi connectivity index (χ3v) is 13.5. The largest absolute Gasteiger partial charge is 0.368 e. The van der Waals surface area contributed by atoms with Gasteiger partial charge in [-0.3, -0.25) is 9.13 Å². The van der Waals surface area contributed by atoms with Crippen LogP contribution in [0.1, 0.15) is 27.7 Å². The number of rotatable bonds is 13. The predicted molar refractivity (Wildman–Crippen MR) is 122 cm³/mol. The van der Waals surface area contributed by atoms with Gasteiger partial charge in [-0.15, -0.1) is 0 Å². The van der Waals surface area contributed by atoms with Crippen LogP contribution in [-0.4, -0.2) is 43.7 Å². The Kier molecular flexibility index (Phi) is 11.0. The zero-order valence-electron chi connectivity index (χ0n) is 17.4. The highest BCUT2D eigenvalue weighted by atomic mass is 35.6. The molecular weight excluding hydrogens is 535 g/mol. The summed E-state index contributed by atoms with van der Waals surface area (Å²) in [7, 11) is -14.4. The van der Waals surface area contributed by atoms with E-state index in [2.05, 4.69) is 0 Å². The molecule has 0 radical (unpaired) electrons. The summed E-state index contributed by atoms with van der Waals surface area (Å²) in [6, 6.07) is 6.95. The zero-order chi connectivity index (χ0) is 24.0. The average molecular weight is 561 g/mol. The van der Waals surface area contributed by atoms with Crippen LogP contribution in [0.3, 0.4) is 0 Å². The number of alkyl halides is 3. The molecule has 0 aromatic heterocycles. The maximum atomic E-state index is 14.0. The van der Waals surface area contributed by atoms with Gasteiger partial charge in [-0.2, -0.15) is 4.72 Å². The van der Waals surface area contributed by atoms with E-state index in [9.17, 15) is 17.5 Å². The topological polar surface area (TPSA) is 117 Å². The van der Waals surface area contributed by atoms with Crippen LogP contribution in [0.5, 0.6) is 0 Å². The minimum absolute atomic E-state index is 0.259. The number of hydrogen-bond acceptors (Lipinski definition) is 8. The molecule has 0 atom stereocenters. The highest BCUT2D eigenvalue weighted by Crippen LogP contribution is 2.82. The molecule has 31 heavy (non-hydrogen) atoms. The Hall–Kier alpha value is 0.300. The summed E-state index contributed by atoms with van der Waals surface area (Å²) in [5, 5.41) is -3.08. The molecular formula is C16H26Cl3NO8P2S. The average Bonchev–Trinajstić information content (AvgIpc) is 2.66. The predicted octanol–water partition coefficient (Wildman–Crippen LogP) is 5.52. The third-order valence-electron chi connectivity index (χ3n) is 3.71. The molecule has 0 spiro atoms.